The van der Waals surface area contributed by atoms with Crippen LogP contribution in [0.5, 0.6) is 17.4 Å². The van der Waals surface area contributed by atoms with E-state index < -0.39 is 0 Å². The molecule has 2 aromatic rings. The van der Waals surface area contributed by atoms with E-state index in [1.807, 2.05) is 18.2 Å². The van der Waals surface area contributed by atoms with Gasteiger partial charge in [-0.05, 0) is 24.3 Å². The minimum absolute atomic E-state index is 0.398. The van der Waals surface area contributed by atoms with Gasteiger partial charge < -0.3 is 25.3 Å². The molecule has 0 atom stereocenters. The summed E-state index contributed by atoms with van der Waals surface area (Å²) in [6.07, 6.45) is 0.883. The molecule has 6 heteroatoms. The summed E-state index contributed by atoms with van der Waals surface area (Å²) in [5, 5.41) is 3.19. The Labute approximate surface area is 122 Å². The van der Waals surface area contributed by atoms with Gasteiger partial charge in [0.15, 0.2) is 11.5 Å². The number of methoxy groups -OCH3 is 1. The number of rotatable bonds is 3. The zero-order valence-electron chi connectivity index (χ0n) is 11.8. The molecule has 3 rings (SSSR count). The molecule has 0 saturated carbocycles. The van der Waals surface area contributed by atoms with Gasteiger partial charge in [-0.15, -0.1) is 0 Å². The number of fused-ring (bicyclic) bond motifs is 1. The molecule has 0 spiro atoms. The first-order valence-corrected chi connectivity index (χ1v) is 6.73. The van der Waals surface area contributed by atoms with Crippen LogP contribution in [0, 0.1) is 0 Å². The van der Waals surface area contributed by atoms with Crippen molar-refractivity contribution in [1.29, 1.82) is 0 Å². The number of anilines is 3. The maximum Gasteiger partial charge on any atom is 0.238 e. The van der Waals surface area contributed by atoms with Gasteiger partial charge in [-0.1, -0.05) is 0 Å². The van der Waals surface area contributed by atoms with E-state index >= 15 is 0 Å². The maximum absolute atomic E-state index is 5.75. The predicted molar refractivity (Wildman–Crippen MR) is 80.5 cm³/mol. The molecule has 0 unspecified atom stereocenters. The number of pyridine rings is 1. The van der Waals surface area contributed by atoms with Crippen LogP contribution in [0.4, 0.5) is 17.2 Å². The van der Waals surface area contributed by atoms with Crippen molar-refractivity contribution in [2.45, 2.75) is 6.42 Å². The largest absolute Gasteiger partial charge is 0.490 e. The Morgan fingerprint density at radius 3 is 2.76 bits per heavy atom. The topological polar surface area (TPSA) is 78.6 Å². The lowest BCUT2D eigenvalue weighted by Crippen LogP contribution is -2.00. The van der Waals surface area contributed by atoms with Gasteiger partial charge in [0, 0.05) is 18.2 Å². The zero-order valence-corrected chi connectivity index (χ0v) is 11.8. The molecule has 1 aliphatic rings. The summed E-state index contributed by atoms with van der Waals surface area (Å²) in [5.74, 6) is 2.55. The van der Waals surface area contributed by atoms with Crippen molar-refractivity contribution in [3.05, 3.63) is 30.3 Å². The molecule has 0 radical (unpaired) electrons. The smallest absolute Gasteiger partial charge is 0.238 e. The normalized spacial score (nSPS) is 13.4. The van der Waals surface area contributed by atoms with E-state index in [0.29, 0.717) is 30.6 Å². The Hall–Kier alpha value is -2.63. The number of hydrogen-bond donors (Lipinski definition) is 2. The Morgan fingerprint density at radius 2 is 1.95 bits per heavy atom. The molecule has 0 aliphatic carbocycles. The van der Waals surface area contributed by atoms with Crippen molar-refractivity contribution in [3.63, 3.8) is 0 Å². The summed E-state index contributed by atoms with van der Waals surface area (Å²) in [5.41, 5.74) is 7.11. The minimum atomic E-state index is 0.398. The first kappa shape index (κ1) is 13.4. The number of ether oxygens (including phenoxy) is 3. The Bertz CT molecular complexity index is 646. The average molecular weight is 287 g/mol. The molecule has 1 aromatic heterocycles. The van der Waals surface area contributed by atoms with Gasteiger partial charge in [0.05, 0.1) is 26.0 Å². The Kier molecular flexibility index (Phi) is 3.68. The molecule has 0 bridgehead atoms. The summed E-state index contributed by atoms with van der Waals surface area (Å²) >= 11 is 0. The van der Waals surface area contributed by atoms with Crippen LogP contribution in [-0.4, -0.2) is 25.3 Å². The van der Waals surface area contributed by atoms with Gasteiger partial charge in [0.2, 0.25) is 5.88 Å². The molecular weight excluding hydrogens is 270 g/mol. The van der Waals surface area contributed by atoms with Crippen LogP contribution in [0.3, 0.4) is 0 Å². The van der Waals surface area contributed by atoms with E-state index in [0.717, 1.165) is 23.6 Å². The lowest BCUT2D eigenvalue weighted by atomic mass is 10.2. The van der Waals surface area contributed by atoms with Crippen LogP contribution < -0.4 is 25.3 Å². The van der Waals surface area contributed by atoms with Crippen molar-refractivity contribution < 1.29 is 14.2 Å². The average Bonchev–Trinajstić information content (AvgIpc) is 2.74. The second-order valence-corrected chi connectivity index (χ2v) is 4.63. The van der Waals surface area contributed by atoms with Crippen molar-refractivity contribution in [2.24, 2.45) is 0 Å². The number of nitrogens with one attached hydrogen (secondary N) is 1. The number of nitrogens with zero attached hydrogens (tertiary/aromatic N) is 1. The maximum atomic E-state index is 5.75. The van der Waals surface area contributed by atoms with Crippen molar-refractivity contribution in [2.75, 3.05) is 31.4 Å². The highest BCUT2D eigenvalue weighted by molar-refractivity contribution is 5.63. The highest BCUT2D eigenvalue weighted by Crippen LogP contribution is 2.33. The molecule has 21 heavy (non-hydrogen) atoms. The molecule has 2 heterocycles. The molecule has 1 aliphatic heterocycles. The SMILES string of the molecule is COc1nc(Nc2ccc3c(c2)OCCCO3)ccc1N. The van der Waals surface area contributed by atoms with Crippen LogP contribution in [0.15, 0.2) is 30.3 Å². The van der Waals surface area contributed by atoms with Gasteiger partial charge in [-0.25, -0.2) is 0 Å². The molecular formula is C15H17N3O3. The third-order valence-electron chi connectivity index (χ3n) is 3.10. The van der Waals surface area contributed by atoms with Crippen molar-refractivity contribution >= 4 is 17.2 Å². The second kappa shape index (κ2) is 5.78. The zero-order chi connectivity index (χ0) is 14.7. The summed E-state index contributed by atoms with van der Waals surface area (Å²) in [6, 6.07) is 9.23. The summed E-state index contributed by atoms with van der Waals surface area (Å²) in [4.78, 5) is 4.29. The predicted octanol–water partition coefficient (Wildman–Crippen LogP) is 2.58. The fraction of sp³-hybridized carbons (Fsp3) is 0.267. The van der Waals surface area contributed by atoms with E-state index in [1.54, 1.807) is 12.1 Å². The quantitative estimate of drug-likeness (QED) is 0.903. The highest BCUT2D eigenvalue weighted by atomic mass is 16.5. The standard InChI is InChI=1S/C15H17N3O3/c1-19-15-11(16)4-6-14(18-15)17-10-3-5-12-13(9-10)21-8-2-7-20-12/h3-6,9H,2,7-8,16H2,1H3,(H,17,18). The molecule has 110 valence electrons. The molecule has 1 aromatic carbocycles. The summed E-state index contributed by atoms with van der Waals surface area (Å²) in [7, 11) is 1.54. The van der Waals surface area contributed by atoms with Crippen LogP contribution in [0.25, 0.3) is 0 Å². The fourth-order valence-electron chi connectivity index (χ4n) is 2.07. The molecule has 0 amide bonds. The summed E-state index contributed by atoms with van der Waals surface area (Å²) in [6.45, 7) is 1.33. The van der Waals surface area contributed by atoms with E-state index in [4.69, 9.17) is 19.9 Å². The lowest BCUT2D eigenvalue weighted by Gasteiger charge is -2.11. The number of nitrogen functional groups attached to an aromatic ring is 1. The van der Waals surface area contributed by atoms with Crippen LogP contribution in [0.1, 0.15) is 6.42 Å². The first-order chi connectivity index (χ1) is 10.3. The molecule has 0 fully saturated rings. The fourth-order valence-corrected chi connectivity index (χ4v) is 2.07. The van der Waals surface area contributed by atoms with E-state index in [9.17, 15) is 0 Å². The third-order valence-corrected chi connectivity index (χ3v) is 3.10. The van der Waals surface area contributed by atoms with Crippen molar-refractivity contribution in [1.82, 2.24) is 4.98 Å². The molecule has 0 saturated heterocycles. The van der Waals surface area contributed by atoms with Gasteiger partial charge in [0.25, 0.3) is 0 Å². The Morgan fingerprint density at radius 1 is 1.14 bits per heavy atom. The minimum Gasteiger partial charge on any atom is -0.490 e. The van der Waals surface area contributed by atoms with Gasteiger partial charge in [-0.3, -0.25) is 0 Å². The summed E-state index contributed by atoms with van der Waals surface area (Å²) < 4.78 is 16.4. The monoisotopic (exact) mass is 287 g/mol. The second-order valence-electron chi connectivity index (χ2n) is 4.63. The Balaban J connectivity index is 1.83. The van der Waals surface area contributed by atoms with Gasteiger partial charge in [0.1, 0.15) is 5.82 Å². The molecule has 3 N–H and O–H groups in total. The first-order valence-electron chi connectivity index (χ1n) is 6.73. The lowest BCUT2D eigenvalue weighted by molar-refractivity contribution is 0.297. The number of nitrogens with two attached hydrogens (primary N) is 1. The number of hydrogen-bond acceptors (Lipinski definition) is 6. The van der Waals surface area contributed by atoms with Gasteiger partial charge >= 0.3 is 0 Å². The van der Waals surface area contributed by atoms with Crippen LogP contribution in [-0.2, 0) is 0 Å². The van der Waals surface area contributed by atoms with E-state index in [2.05, 4.69) is 10.3 Å². The third kappa shape index (κ3) is 2.94. The van der Waals surface area contributed by atoms with Crippen LogP contribution >= 0.6 is 0 Å². The van der Waals surface area contributed by atoms with E-state index in [1.165, 1.54) is 7.11 Å². The van der Waals surface area contributed by atoms with Gasteiger partial charge in [-0.2, -0.15) is 4.98 Å². The number of aromatic nitrogens is 1. The molecule has 6 nitrogen and oxygen atoms in total. The highest BCUT2D eigenvalue weighted by Gasteiger charge is 2.11. The van der Waals surface area contributed by atoms with Crippen molar-refractivity contribution in [3.8, 4) is 17.4 Å². The number of benzene rings is 1. The van der Waals surface area contributed by atoms with Crippen LogP contribution in [0.2, 0.25) is 0 Å². The van der Waals surface area contributed by atoms with E-state index in [-0.39, 0.29) is 0 Å².